The maximum Gasteiger partial charge on any atom is 0.0462 e. The molecule has 0 saturated heterocycles. The zero-order valence-electron chi connectivity index (χ0n) is 29.2. The highest BCUT2D eigenvalue weighted by atomic mass is 15.1. The number of nitrogens with zero attached hydrogens (tertiary/aromatic N) is 1. The van der Waals surface area contributed by atoms with E-state index in [-0.39, 0.29) is 0 Å². The molecule has 10 rings (SSSR count). The Bertz CT molecular complexity index is 2920. The SMILES string of the molecule is c1ccc(N(c2ccc(-c3ccc4ccccc4c3)cc2)c2ccc(-c3ccc4ccccc4c3-c3cc4ccccc4c4ccccc34)cc2)cc1. The summed E-state index contributed by atoms with van der Waals surface area (Å²) in [5.41, 5.74) is 10.7. The highest BCUT2D eigenvalue weighted by molar-refractivity contribution is 6.18. The Balaban J connectivity index is 1.09. The second-order valence-corrected chi connectivity index (χ2v) is 13.7. The predicted molar refractivity (Wildman–Crippen MR) is 227 cm³/mol. The number of benzene rings is 10. The molecule has 0 aliphatic rings. The van der Waals surface area contributed by atoms with Crippen molar-refractivity contribution in [2.75, 3.05) is 4.90 Å². The van der Waals surface area contributed by atoms with E-state index in [1.807, 2.05) is 0 Å². The minimum atomic E-state index is 1.11. The normalized spacial score (nSPS) is 11.4. The zero-order chi connectivity index (χ0) is 35.1. The summed E-state index contributed by atoms with van der Waals surface area (Å²) >= 11 is 0. The average Bonchev–Trinajstić information content (AvgIpc) is 3.24. The van der Waals surface area contributed by atoms with Crippen molar-refractivity contribution in [3.8, 4) is 33.4 Å². The first kappa shape index (κ1) is 30.8. The van der Waals surface area contributed by atoms with Gasteiger partial charge in [0, 0.05) is 17.1 Å². The Labute approximate surface area is 309 Å². The van der Waals surface area contributed by atoms with Gasteiger partial charge in [0.25, 0.3) is 0 Å². The lowest BCUT2D eigenvalue weighted by Crippen LogP contribution is -2.09. The third-order valence-corrected chi connectivity index (χ3v) is 10.6. The van der Waals surface area contributed by atoms with Gasteiger partial charge in [0.15, 0.2) is 0 Å². The van der Waals surface area contributed by atoms with Gasteiger partial charge in [-0.05, 0) is 125 Å². The van der Waals surface area contributed by atoms with Gasteiger partial charge in [-0.1, -0.05) is 164 Å². The molecule has 0 aromatic heterocycles. The first-order valence-electron chi connectivity index (χ1n) is 18.3. The van der Waals surface area contributed by atoms with E-state index in [0.29, 0.717) is 0 Å². The highest BCUT2D eigenvalue weighted by Gasteiger charge is 2.18. The maximum absolute atomic E-state index is 2.38. The van der Waals surface area contributed by atoms with E-state index in [0.717, 1.165) is 17.1 Å². The molecule has 0 radical (unpaired) electrons. The third-order valence-electron chi connectivity index (χ3n) is 10.6. The van der Waals surface area contributed by atoms with Crippen LogP contribution < -0.4 is 4.90 Å². The minimum absolute atomic E-state index is 1.11. The summed E-state index contributed by atoms with van der Waals surface area (Å²) in [5, 5.41) is 10.1. The fourth-order valence-electron chi connectivity index (χ4n) is 8.05. The Kier molecular flexibility index (Phi) is 7.55. The van der Waals surface area contributed by atoms with Crippen LogP contribution in [0.4, 0.5) is 17.1 Å². The molecule has 10 aromatic rings. The molecule has 0 bridgehead atoms. The Morgan fingerprint density at radius 2 is 0.755 bits per heavy atom. The monoisotopic (exact) mass is 673 g/mol. The van der Waals surface area contributed by atoms with E-state index >= 15 is 0 Å². The molecule has 0 aliphatic heterocycles. The van der Waals surface area contributed by atoms with Crippen molar-refractivity contribution in [1.29, 1.82) is 0 Å². The van der Waals surface area contributed by atoms with Gasteiger partial charge in [-0.3, -0.25) is 0 Å². The number of anilines is 3. The molecule has 0 N–H and O–H groups in total. The molecule has 0 unspecified atom stereocenters. The van der Waals surface area contributed by atoms with Gasteiger partial charge in [0.1, 0.15) is 0 Å². The summed E-state index contributed by atoms with van der Waals surface area (Å²) in [6.07, 6.45) is 0. The average molecular weight is 674 g/mol. The molecule has 0 aliphatic carbocycles. The fraction of sp³-hybridized carbons (Fsp3) is 0. The molecule has 53 heavy (non-hydrogen) atoms. The summed E-state index contributed by atoms with van der Waals surface area (Å²) in [6.45, 7) is 0. The Hall–Kier alpha value is -6.96. The highest BCUT2D eigenvalue weighted by Crippen LogP contribution is 2.44. The van der Waals surface area contributed by atoms with Crippen LogP contribution in [0.5, 0.6) is 0 Å². The summed E-state index contributed by atoms with van der Waals surface area (Å²) in [5.74, 6) is 0. The van der Waals surface area contributed by atoms with Crippen LogP contribution in [-0.2, 0) is 0 Å². The molecule has 1 heteroatoms. The molecule has 248 valence electrons. The zero-order valence-corrected chi connectivity index (χ0v) is 29.2. The smallest absolute Gasteiger partial charge is 0.0462 e. The number of rotatable bonds is 6. The second kappa shape index (κ2) is 13.0. The van der Waals surface area contributed by atoms with Crippen LogP contribution in [0.25, 0.3) is 76.5 Å². The molecule has 0 amide bonds. The van der Waals surface area contributed by atoms with Gasteiger partial charge in [-0.15, -0.1) is 0 Å². The van der Waals surface area contributed by atoms with E-state index in [1.54, 1.807) is 0 Å². The van der Waals surface area contributed by atoms with Gasteiger partial charge in [0.05, 0.1) is 0 Å². The summed E-state index contributed by atoms with van der Waals surface area (Å²) in [4.78, 5) is 2.34. The first-order chi connectivity index (χ1) is 26.3. The molecular weight excluding hydrogens is 639 g/mol. The number of hydrogen-bond donors (Lipinski definition) is 0. The van der Waals surface area contributed by atoms with Gasteiger partial charge < -0.3 is 4.90 Å². The van der Waals surface area contributed by atoms with Crippen LogP contribution >= 0.6 is 0 Å². The van der Waals surface area contributed by atoms with Crippen molar-refractivity contribution < 1.29 is 0 Å². The lowest BCUT2D eigenvalue weighted by molar-refractivity contribution is 1.28. The van der Waals surface area contributed by atoms with Gasteiger partial charge in [-0.2, -0.15) is 0 Å². The number of hydrogen-bond acceptors (Lipinski definition) is 1. The van der Waals surface area contributed by atoms with Gasteiger partial charge >= 0.3 is 0 Å². The molecule has 0 heterocycles. The molecule has 10 aromatic carbocycles. The van der Waals surface area contributed by atoms with E-state index in [9.17, 15) is 0 Å². The Morgan fingerprint density at radius 3 is 1.49 bits per heavy atom. The van der Waals surface area contributed by atoms with Crippen molar-refractivity contribution in [3.05, 3.63) is 212 Å². The largest absolute Gasteiger partial charge is 0.311 e. The van der Waals surface area contributed by atoms with Crippen LogP contribution in [0.15, 0.2) is 212 Å². The van der Waals surface area contributed by atoms with Gasteiger partial charge in [0.2, 0.25) is 0 Å². The minimum Gasteiger partial charge on any atom is -0.311 e. The van der Waals surface area contributed by atoms with Crippen molar-refractivity contribution >= 4 is 60.2 Å². The maximum atomic E-state index is 2.38. The van der Waals surface area contributed by atoms with Crippen molar-refractivity contribution in [2.45, 2.75) is 0 Å². The summed E-state index contributed by atoms with van der Waals surface area (Å²) in [7, 11) is 0. The molecular formula is C52H35N. The lowest BCUT2D eigenvalue weighted by Gasteiger charge is -2.26. The van der Waals surface area contributed by atoms with Crippen LogP contribution in [-0.4, -0.2) is 0 Å². The molecule has 0 spiro atoms. The van der Waals surface area contributed by atoms with E-state index in [2.05, 4.69) is 217 Å². The van der Waals surface area contributed by atoms with Crippen LogP contribution in [0.2, 0.25) is 0 Å². The standard InChI is InChI=1S/C52H35N/c1-2-16-43(17-3-1)53(44-29-24-37(25-30-44)41-23-22-36-12-4-5-14-40(36)34-41)45-31-26-39(27-32-45)48-33-28-38-13-6-9-19-47(38)52(48)51-35-42-15-7-8-18-46(42)49-20-10-11-21-50(49)51/h1-35H. The summed E-state index contributed by atoms with van der Waals surface area (Å²) in [6, 6.07) is 77.2. The van der Waals surface area contributed by atoms with E-state index in [1.165, 1.54) is 76.5 Å². The van der Waals surface area contributed by atoms with Gasteiger partial charge in [-0.25, -0.2) is 0 Å². The van der Waals surface area contributed by atoms with Crippen molar-refractivity contribution in [2.24, 2.45) is 0 Å². The second-order valence-electron chi connectivity index (χ2n) is 13.7. The van der Waals surface area contributed by atoms with Crippen molar-refractivity contribution in [3.63, 3.8) is 0 Å². The predicted octanol–water partition coefficient (Wildman–Crippen LogP) is 14.8. The quantitative estimate of drug-likeness (QED) is 0.159. The van der Waals surface area contributed by atoms with Crippen LogP contribution in [0.3, 0.4) is 0 Å². The topological polar surface area (TPSA) is 3.24 Å². The summed E-state index contributed by atoms with van der Waals surface area (Å²) < 4.78 is 0. The van der Waals surface area contributed by atoms with E-state index in [4.69, 9.17) is 0 Å². The third kappa shape index (κ3) is 5.51. The molecule has 0 atom stereocenters. The molecule has 0 fully saturated rings. The number of para-hydroxylation sites is 1. The fourth-order valence-corrected chi connectivity index (χ4v) is 8.05. The van der Waals surface area contributed by atoms with Crippen molar-refractivity contribution in [1.82, 2.24) is 0 Å². The first-order valence-corrected chi connectivity index (χ1v) is 18.3. The van der Waals surface area contributed by atoms with Crippen LogP contribution in [0, 0.1) is 0 Å². The number of fused-ring (bicyclic) bond motifs is 5. The molecule has 0 saturated carbocycles. The Morgan fingerprint density at radius 1 is 0.245 bits per heavy atom. The lowest BCUT2D eigenvalue weighted by atomic mass is 9.86. The molecule has 1 nitrogen and oxygen atoms in total. The van der Waals surface area contributed by atoms with Crippen LogP contribution in [0.1, 0.15) is 0 Å². The van der Waals surface area contributed by atoms with E-state index < -0.39 is 0 Å².